The highest BCUT2D eigenvalue weighted by molar-refractivity contribution is 6.39. The summed E-state index contributed by atoms with van der Waals surface area (Å²) >= 11 is 0. The van der Waals surface area contributed by atoms with Crippen molar-refractivity contribution in [1.29, 1.82) is 0 Å². The number of anilines is 1. The first-order valence-corrected chi connectivity index (χ1v) is 8.85. The maximum absolute atomic E-state index is 11.8. The molecule has 0 aliphatic heterocycles. The van der Waals surface area contributed by atoms with Gasteiger partial charge in [0, 0.05) is 12.2 Å². The minimum Gasteiger partial charge on any atom is -0.493 e. The van der Waals surface area contributed by atoms with Crippen LogP contribution in [-0.4, -0.2) is 25.0 Å². The van der Waals surface area contributed by atoms with Gasteiger partial charge in [-0.15, -0.1) is 0 Å². The van der Waals surface area contributed by atoms with Crippen LogP contribution in [0, 0.1) is 5.92 Å². The summed E-state index contributed by atoms with van der Waals surface area (Å²) in [5.74, 6) is -0.0293. The maximum atomic E-state index is 11.8. The van der Waals surface area contributed by atoms with Crippen LogP contribution in [0.15, 0.2) is 24.3 Å². The summed E-state index contributed by atoms with van der Waals surface area (Å²) < 4.78 is 5.58. The van der Waals surface area contributed by atoms with E-state index < -0.39 is 11.8 Å². The Labute approximate surface area is 145 Å². The van der Waals surface area contributed by atoms with E-state index in [-0.39, 0.29) is 0 Å². The molecule has 0 aliphatic rings. The van der Waals surface area contributed by atoms with E-state index in [9.17, 15) is 9.59 Å². The van der Waals surface area contributed by atoms with Crippen LogP contribution in [-0.2, 0) is 9.59 Å². The number of amides is 2. The van der Waals surface area contributed by atoms with Crippen LogP contribution >= 0.6 is 0 Å². The fourth-order valence-corrected chi connectivity index (χ4v) is 2.10. The molecule has 5 nitrogen and oxygen atoms in total. The number of hydrogen-bond acceptors (Lipinski definition) is 3. The average molecular weight is 334 g/mol. The maximum Gasteiger partial charge on any atom is 0.313 e. The average Bonchev–Trinajstić information content (AvgIpc) is 2.57. The minimum atomic E-state index is -0.639. The van der Waals surface area contributed by atoms with Crippen molar-refractivity contribution in [2.24, 2.45) is 5.92 Å². The van der Waals surface area contributed by atoms with Crippen molar-refractivity contribution in [1.82, 2.24) is 5.32 Å². The van der Waals surface area contributed by atoms with E-state index in [1.807, 2.05) is 0 Å². The molecule has 0 saturated carbocycles. The molecule has 1 aromatic rings. The molecule has 1 rings (SSSR count). The zero-order valence-electron chi connectivity index (χ0n) is 15.1. The zero-order valence-corrected chi connectivity index (χ0v) is 15.1. The van der Waals surface area contributed by atoms with Crippen molar-refractivity contribution in [3.8, 4) is 5.75 Å². The molecule has 0 atom stereocenters. The number of benzene rings is 1. The van der Waals surface area contributed by atoms with Crippen molar-refractivity contribution in [3.05, 3.63) is 24.3 Å². The van der Waals surface area contributed by atoms with Gasteiger partial charge in [-0.1, -0.05) is 46.5 Å². The molecule has 0 heterocycles. The predicted molar refractivity (Wildman–Crippen MR) is 97.2 cm³/mol. The third kappa shape index (κ3) is 8.56. The number of hydrogen-bond donors (Lipinski definition) is 2. The molecule has 0 radical (unpaired) electrons. The van der Waals surface area contributed by atoms with Gasteiger partial charge in [0.1, 0.15) is 5.75 Å². The molecule has 1 aromatic carbocycles. The lowest BCUT2D eigenvalue weighted by Gasteiger charge is -2.10. The van der Waals surface area contributed by atoms with E-state index in [1.165, 1.54) is 19.3 Å². The number of carbonyl (C=O) groups excluding carboxylic acids is 2. The largest absolute Gasteiger partial charge is 0.493 e. The summed E-state index contributed by atoms with van der Waals surface area (Å²) in [6, 6.07) is 7.02. The van der Waals surface area contributed by atoms with Crippen LogP contribution in [0.2, 0.25) is 0 Å². The van der Waals surface area contributed by atoms with Gasteiger partial charge in [0.05, 0.1) is 6.61 Å². The Morgan fingerprint density at radius 2 is 1.67 bits per heavy atom. The second-order valence-corrected chi connectivity index (χ2v) is 6.35. The summed E-state index contributed by atoms with van der Waals surface area (Å²) in [6.45, 7) is 7.51. The SMILES string of the molecule is CCCCCCCNC(=O)C(=O)Nc1ccc(OCC(C)C)cc1. The van der Waals surface area contributed by atoms with Gasteiger partial charge in [-0.3, -0.25) is 9.59 Å². The summed E-state index contributed by atoms with van der Waals surface area (Å²) in [4.78, 5) is 23.6. The van der Waals surface area contributed by atoms with E-state index in [0.717, 1.165) is 18.6 Å². The number of nitrogens with one attached hydrogen (secondary N) is 2. The highest BCUT2D eigenvalue weighted by Crippen LogP contribution is 2.16. The second-order valence-electron chi connectivity index (χ2n) is 6.35. The topological polar surface area (TPSA) is 67.4 Å². The first-order valence-electron chi connectivity index (χ1n) is 8.85. The van der Waals surface area contributed by atoms with E-state index in [4.69, 9.17) is 4.74 Å². The number of unbranched alkanes of at least 4 members (excludes halogenated alkanes) is 4. The standard InChI is InChI=1S/C19H30N2O3/c1-4-5-6-7-8-13-20-18(22)19(23)21-16-9-11-17(12-10-16)24-14-15(2)3/h9-12,15H,4-8,13-14H2,1-3H3,(H,20,22)(H,21,23). The number of rotatable bonds is 10. The van der Waals surface area contributed by atoms with Crippen LogP contribution in [0.1, 0.15) is 52.9 Å². The molecule has 134 valence electrons. The van der Waals surface area contributed by atoms with Gasteiger partial charge in [-0.05, 0) is 36.6 Å². The zero-order chi connectivity index (χ0) is 17.8. The van der Waals surface area contributed by atoms with E-state index in [2.05, 4.69) is 31.4 Å². The summed E-state index contributed by atoms with van der Waals surface area (Å²) in [5, 5.41) is 5.24. The van der Waals surface area contributed by atoms with Gasteiger partial charge in [0.15, 0.2) is 0 Å². The van der Waals surface area contributed by atoms with Crippen LogP contribution in [0.4, 0.5) is 5.69 Å². The Balaban J connectivity index is 2.29. The summed E-state index contributed by atoms with van der Waals surface area (Å²) in [7, 11) is 0. The third-order valence-electron chi connectivity index (χ3n) is 3.47. The molecule has 0 unspecified atom stereocenters. The second kappa shape index (κ2) is 11.5. The Morgan fingerprint density at radius 3 is 2.29 bits per heavy atom. The lowest BCUT2D eigenvalue weighted by molar-refractivity contribution is -0.136. The lowest BCUT2D eigenvalue weighted by atomic mass is 10.1. The fraction of sp³-hybridized carbons (Fsp3) is 0.579. The smallest absolute Gasteiger partial charge is 0.313 e. The van der Waals surface area contributed by atoms with Gasteiger partial charge < -0.3 is 15.4 Å². The monoisotopic (exact) mass is 334 g/mol. The van der Waals surface area contributed by atoms with Gasteiger partial charge in [-0.25, -0.2) is 0 Å². The Hall–Kier alpha value is -2.04. The number of ether oxygens (including phenoxy) is 1. The van der Waals surface area contributed by atoms with Crippen molar-refractivity contribution < 1.29 is 14.3 Å². The molecule has 2 amide bonds. The molecular weight excluding hydrogens is 304 g/mol. The quantitative estimate of drug-likeness (QED) is 0.506. The van der Waals surface area contributed by atoms with Gasteiger partial charge >= 0.3 is 11.8 Å². The molecule has 0 fully saturated rings. The van der Waals surface area contributed by atoms with Gasteiger partial charge in [0.2, 0.25) is 0 Å². The normalized spacial score (nSPS) is 10.5. The van der Waals surface area contributed by atoms with Crippen molar-refractivity contribution in [3.63, 3.8) is 0 Å². The van der Waals surface area contributed by atoms with Crippen molar-refractivity contribution >= 4 is 17.5 Å². The highest BCUT2D eigenvalue weighted by Gasteiger charge is 2.12. The third-order valence-corrected chi connectivity index (χ3v) is 3.47. The van der Waals surface area contributed by atoms with Crippen LogP contribution in [0.25, 0.3) is 0 Å². The molecule has 0 saturated heterocycles. The van der Waals surface area contributed by atoms with E-state index in [1.54, 1.807) is 24.3 Å². The van der Waals surface area contributed by atoms with E-state index >= 15 is 0 Å². The fourth-order valence-electron chi connectivity index (χ4n) is 2.10. The lowest BCUT2D eigenvalue weighted by Crippen LogP contribution is -2.35. The molecule has 24 heavy (non-hydrogen) atoms. The van der Waals surface area contributed by atoms with Crippen molar-refractivity contribution in [2.45, 2.75) is 52.9 Å². The Kier molecular flexibility index (Phi) is 9.58. The molecule has 0 bridgehead atoms. The Morgan fingerprint density at radius 1 is 1.00 bits per heavy atom. The molecule has 0 spiro atoms. The Bertz CT molecular complexity index is 498. The molecule has 5 heteroatoms. The first-order chi connectivity index (χ1) is 11.5. The summed E-state index contributed by atoms with van der Waals surface area (Å²) in [6.07, 6.45) is 5.56. The molecule has 0 aromatic heterocycles. The molecular formula is C19H30N2O3. The van der Waals surface area contributed by atoms with Crippen LogP contribution < -0.4 is 15.4 Å². The minimum absolute atomic E-state index is 0.454. The summed E-state index contributed by atoms with van der Waals surface area (Å²) in [5.41, 5.74) is 0.579. The van der Waals surface area contributed by atoms with E-state index in [0.29, 0.717) is 24.8 Å². The van der Waals surface area contributed by atoms with Crippen molar-refractivity contribution in [2.75, 3.05) is 18.5 Å². The van der Waals surface area contributed by atoms with Gasteiger partial charge in [-0.2, -0.15) is 0 Å². The predicted octanol–water partition coefficient (Wildman–Crippen LogP) is 3.75. The first kappa shape index (κ1) is 20.0. The van der Waals surface area contributed by atoms with Gasteiger partial charge in [0.25, 0.3) is 0 Å². The van der Waals surface area contributed by atoms with Crippen LogP contribution in [0.3, 0.4) is 0 Å². The van der Waals surface area contributed by atoms with Crippen LogP contribution in [0.5, 0.6) is 5.75 Å². The molecule has 0 aliphatic carbocycles. The number of carbonyl (C=O) groups is 2. The molecule has 2 N–H and O–H groups in total. The highest BCUT2D eigenvalue weighted by atomic mass is 16.5.